The second-order valence-corrected chi connectivity index (χ2v) is 7.88. The van der Waals surface area contributed by atoms with E-state index in [1.807, 2.05) is 30.3 Å². The molecule has 0 spiro atoms. The summed E-state index contributed by atoms with van der Waals surface area (Å²) in [7, 11) is -2.11. The summed E-state index contributed by atoms with van der Waals surface area (Å²) in [5.41, 5.74) is -0.226. The van der Waals surface area contributed by atoms with Crippen LogP contribution in [0.1, 0.15) is 25.0 Å². The van der Waals surface area contributed by atoms with E-state index in [9.17, 15) is 18.3 Å². The third-order valence-electron chi connectivity index (χ3n) is 4.17. The number of hydrogen-bond acceptors (Lipinski definition) is 4. The fourth-order valence-electron chi connectivity index (χ4n) is 2.60. The molecule has 1 fully saturated rings. The molecule has 122 valence electrons. The first-order chi connectivity index (χ1) is 10.3. The van der Waals surface area contributed by atoms with Crippen molar-refractivity contribution in [2.75, 3.05) is 26.0 Å². The molecular formula is C15H21NO5S. The van der Waals surface area contributed by atoms with Crippen LogP contribution in [0.25, 0.3) is 0 Å². The number of ether oxygens (including phenoxy) is 1. The van der Waals surface area contributed by atoms with E-state index >= 15 is 0 Å². The molecule has 2 rings (SSSR count). The quantitative estimate of drug-likeness (QED) is 0.856. The van der Waals surface area contributed by atoms with Crippen molar-refractivity contribution in [2.45, 2.75) is 19.4 Å². The number of carbonyl (C=O) groups is 1. The van der Waals surface area contributed by atoms with Gasteiger partial charge >= 0.3 is 5.97 Å². The van der Waals surface area contributed by atoms with E-state index < -0.39 is 27.5 Å². The summed E-state index contributed by atoms with van der Waals surface area (Å²) >= 11 is 0. The summed E-state index contributed by atoms with van der Waals surface area (Å²) in [4.78, 5) is 11.2. The largest absolute Gasteiger partial charge is 0.481 e. The highest BCUT2D eigenvalue weighted by atomic mass is 32.2. The summed E-state index contributed by atoms with van der Waals surface area (Å²) < 4.78 is 31.6. The fourth-order valence-corrected chi connectivity index (χ4v) is 4.37. The van der Waals surface area contributed by atoms with Crippen LogP contribution >= 0.6 is 0 Å². The normalized spacial score (nSPS) is 24.3. The van der Waals surface area contributed by atoms with Gasteiger partial charge in [0.2, 0.25) is 10.0 Å². The lowest BCUT2D eigenvalue weighted by atomic mass is 9.90. The van der Waals surface area contributed by atoms with Gasteiger partial charge in [-0.1, -0.05) is 30.3 Å². The molecule has 0 saturated carbocycles. The molecule has 1 aliphatic heterocycles. The molecule has 1 N–H and O–H groups in total. The van der Waals surface area contributed by atoms with Crippen LogP contribution in [-0.4, -0.2) is 49.8 Å². The van der Waals surface area contributed by atoms with Gasteiger partial charge in [0.1, 0.15) is 0 Å². The first-order valence-electron chi connectivity index (χ1n) is 7.07. The highest BCUT2D eigenvalue weighted by Crippen LogP contribution is 2.33. The van der Waals surface area contributed by atoms with Crippen LogP contribution in [0.2, 0.25) is 0 Å². The molecule has 1 aromatic carbocycles. The Bertz CT molecular complexity index is 631. The lowest BCUT2D eigenvalue weighted by Crippen LogP contribution is -2.37. The number of sulfonamides is 1. The standard InChI is InChI=1S/C15H21NO5S/c1-15(14(17)18)8-9-16(11-15)22(19,20)10-13(21-2)12-6-4-3-5-7-12/h3-7,13H,8-11H2,1-2H3,(H,17,18). The van der Waals surface area contributed by atoms with E-state index in [0.29, 0.717) is 6.42 Å². The van der Waals surface area contributed by atoms with E-state index in [1.54, 1.807) is 6.92 Å². The number of carboxylic acids is 1. The number of benzene rings is 1. The summed E-state index contributed by atoms with van der Waals surface area (Å²) in [5.74, 6) is -1.15. The molecule has 1 saturated heterocycles. The molecule has 0 amide bonds. The topological polar surface area (TPSA) is 83.9 Å². The van der Waals surface area contributed by atoms with Crippen molar-refractivity contribution in [1.82, 2.24) is 4.31 Å². The minimum atomic E-state index is -3.58. The number of carboxylic acid groups (broad SMARTS) is 1. The first kappa shape index (κ1) is 16.9. The van der Waals surface area contributed by atoms with Gasteiger partial charge in [0.25, 0.3) is 0 Å². The average molecular weight is 327 g/mol. The van der Waals surface area contributed by atoms with Crippen molar-refractivity contribution < 1.29 is 23.1 Å². The number of nitrogens with zero attached hydrogens (tertiary/aromatic N) is 1. The molecule has 22 heavy (non-hydrogen) atoms. The maximum Gasteiger partial charge on any atom is 0.310 e. The van der Waals surface area contributed by atoms with E-state index in [1.165, 1.54) is 11.4 Å². The van der Waals surface area contributed by atoms with Crippen LogP contribution in [0.3, 0.4) is 0 Å². The second-order valence-electron chi connectivity index (χ2n) is 5.86. The number of methoxy groups -OCH3 is 1. The van der Waals surface area contributed by atoms with Crippen LogP contribution in [-0.2, 0) is 19.6 Å². The molecule has 0 aliphatic carbocycles. The number of hydrogen-bond donors (Lipinski definition) is 1. The van der Waals surface area contributed by atoms with Gasteiger partial charge in [-0.05, 0) is 18.9 Å². The van der Waals surface area contributed by atoms with E-state index in [-0.39, 0.29) is 18.8 Å². The van der Waals surface area contributed by atoms with Crippen molar-refractivity contribution in [2.24, 2.45) is 5.41 Å². The maximum atomic E-state index is 12.5. The summed E-state index contributed by atoms with van der Waals surface area (Å²) in [6.45, 7) is 1.82. The van der Waals surface area contributed by atoms with Gasteiger partial charge in [0.15, 0.2) is 0 Å². The number of aliphatic carboxylic acids is 1. The van der Waals surface area contributed by atoms with Crippen LogP contribution in [0, 0.1) is 5.41 Å². The molecule has 2 atom stereocenters. The van der Waals surface area contributed by atoms with Gasteiger partial charge in [0, 0.05) is 20.2 Å². The van der Waals surface area contributed by atoms with Crippen molar-refractivity contribution in [3.63, 3.8) is 0 Å². The molecule has 1 aromatic rings. The number of rotatable bonds is 6. The summed E-state index contributed by atoms with van der Waals surface area (Å²) in [6.07, 6.45) is -0.243. The predicted octanol–water partition coefficient (Wildman–Crippen LogP) is 1.50. The third kappa shape index (κ3) is 3.48. The van der Waals surface area contributed by atoms with Gasteiger partial charge in [-0.2, -0.15) is 0 Å². The Labute approximate surface area is 130 Å². The highest BCUT2D eigenvalue weighted by Gasteiger charge is 2.44. The second kappa shape index (κ2) is 6.36. The van der Waals surface area contributed by atoms with Crippen molar-refractivity contribution >= 4 is 16.0 Å². The highest BCUT2D eigenvalue weighted by molar-refractivity contribution is 7.89. The zero-order chi connectivity index (χ0) is 16.4. The van der Waals surface area contributed by atoms with Gasteiger partial charge in [-0.3, -0.25) is 4.79 Å². The minimum Gasteiger partial charge on any atom is -0.481 e. The van der Waals surface area contributed by atoms with Gasteiger partial charge in [-0.15, -0.1) is 0 Å². The molecule has 1 aliphatic rings. The minimum absolute atomic E-state index is 0.00981. The summed E-state index contributed by atoms with van der Waals surface area (Å²) in [5, 5.41) is 9.22. The Morgan fingerprint density at radius 1 is 1.41 bits per heavy atom. The Morgan fingerprint density at radius 2 is 2.05 bits per heavy atom. The first-order valence-corrected chi connectivity index (χ1v) is 8.68. The van der Waals surface area contributed by atoms with E-state index in [0.717, 1.165) is 5.56 Å². The lowest BCUT2D eigenvalue weighted by Gasteiger charge is -2.23. The van der Waals surface area contributed by atoms with Gasteiger partial charge in [0.05, 0.1) is 17.3 Å². The van der Waals surface area contributed by atoms with Gasteiger partial charge < -0.3 is 9.84 Å². The van der Waals surface area contributed by atoms with Crippen molar-refractivity contribution in [3.8, 4) is 0 Å². The zero-order valence-electron chi connectivity index (χ0n) is 12.7. The Morgan fingerprint density at radius 3 is 2.55 bits per heavy atom. The smallest absolute Gasteiger partial charge is 0.310 e. The van der Waals surface area contributed by atoms with Crippen molar-refractivity contribution in [3.05, 3.63) is 35.9 Å². The third-order valence-corrected chi connectivity index (χ3v) is 5.99. The lowest BCUT2D eigenvalue weighted by molar-refractivity contribution is -0.146. The van der Waals surface area contributed by atoms with Crippen LogP contribution in [0.4, 0.5) is 0 Å². The van der Waals surface area contributed by atoms with Crippen LogP contribution < -0.4 is 0 Å². The van der Waals surface area contributed by atoms with Gasteiger partial charge in [-0.25, -0.2) is 12.7 Å². The molecule has 0 aromatic heterocycles. The molecule has 2 unspecified atom stereocenters. The predicted molar refractivity (Wildman–Crippen MR) is 81.9 cm³/mol. The average Bonchev–Trinajstić information content (AvgIpc) is 2.91. The van der Waals surface area contributed by atoms with E-state index in [4.69, 9.17) is 4.74 Å². The summed E-state index contributed by atoms with van der Waals surface area (Å²) in [6, 6.07) is 9.13. The fraction of sp³-hybridized carbons (Fsp3) is 0.533. The van der Waals surface area contributed by atoms with E-state index in [2.05, 4.69) is 0 Å². The Hall–Kier alpha value is -1.44. The van der Waals surface area contributed by atoms with Crippen LogP contribution in [0.15, 0.2) is 30.3 Å². The molecule has 0 bridgehead atoms. The molecular weight excluding hydrogens is 306 g/mol. The SMILES string of the molecule is COC(CS(=O)(=O)N1CCC(C)(C(=O)O)C1)c1ccccc1. The Balaban J connectivity index is 2.13. The van der Waals surface area contributed by atoms with Crippen LogP contribution in [0.5, 0.6) is 0 Å². The molecule has 6 nitrogen and oxygen atoms in total. The maximum absolute atomic E-state index is 12.5. The monoisotopic (exact) mass is 327 g/mol. The van der Waals surface area contributed by atoms with Crippen molar-refractivity contribution in [1.29, 1.82) is 0 Å². The molecule has 0 radical (unpaired) electrons. The molecule has 7 heteroatoms. The zero-order valence-corrected chi connectivity index (χ0v) is 13.5. The Kier molecular flexibility index (Phi) is 4.89. The molecule has 1 heterocycles.